The van der Waals surface area contributed by atoms with Crippen LogP contribution in [0, 0.1) is 0 Å². The predicted octanol–water partition coefficient (Wildman–Crippen LogP) is 14.2. The van der Waals surface area contributed by atoms with Crippen LogP contribution in [0.3, 0.4) is 0 Å². The third-order valence-corrected chi connectivity index (χ3v) is 12.1. The second-order valence-corrected chi connectivity index (χ2v) is 16.2. The summed E-state index contributed by atoms with van der Waals surface area (Å²) in [6, 6.07) is 69.7. The monoisotopic (exact) mass is 843 g/mol. The quantitative estimate of drug-likeness (QED) is 0.141. The number of hydrogen-bond acceptors (Lipinski definition) is 7. The van der Waals surface area contributed by atoms with Crippen molar-refractivity contribution in [1.29, 1.82) is 0 Å². The van der Waals surface area contributed by atoms with Gasteiger partial charge in [0.05, 0.1) is 11.0 Å². The summed E-state index contributed by atoms with van der Waals surface area (Å²) in [5.74, 6) is 2.37. The van der Waals surface area contributed by atoms with E-state index in [9.17, 15) is 0 Å². The van der Waals surface area contributed by atoms with Crippen LogP contribution in [0.5, 0.6) is 0 Å². The number of benzene rings is 9. The lowest BCUT2D eigenvalue weighted by atomic mass is 9.90. The molecule has 0 spiro atoms. The van der Waals surface area contributed by atoms with Crippen molar-refractivity contribution in [2.75, 3.05) is 0 Å². The number of hydrogen-bond donors (Lipinski definition) is 0. The molecule has 0 aliphatic heterocycles. The highest BCUT2D eigenvalue weighted by Gasteiger charge is 2.18. The molecular formula is C59H37N7. The van der Waals surface area contributed by atoms with E-state index in [1.807, 2.05) is 30.3 Å². The van der Waals surface area contributed by atoms with Gasteiger partial charge in [-0.25, -0.2) is 24.9 Å². The van der Waals surface area contributed by atoms with Gasteiger partial charge in [-0.05, 0) is 109 Å². The molecule has 0 saturated carbocycles. The molecule has 308 valence electrons. The van der Waals surface area contributed by atoms with Crippen molar-refractivity contribution in [3.05, 3.63) is 225 Å². The van der Waals surface area contributed by atoms with Gasteiger partial charge >= 0.3 is 0 Å². The molecule has 9 aromatic carbocycles. The van der Waals surface area contributed by atoms with E-state index in [1.165, 1.54) is 16.2 Å². The Morgan fingerprint density at radius 2 is 0.788 bits per heavy atom. The van der Waals surface area contributed by atoms with Gasteiger partial charge in [-0.15, -0.1) is 0 Å². The number of para-hydroxylation sites is 1. The van der Waals surface area contributed by atoms with Crippen LogP contribution in [0.15, 0.2) is 225 Å². The zero-order valence-electron chi connectivity index (χ0n) is 35.5. The van der Waals surface area contributed by atoms with Crippen molar-refractivity contribution >= 4 is 32.6 Å². The van der Waals surface area contributed by atoms with E-state index in [0.29, 0.717) is 23.3 Å². The van der Waals surface area contributed by atoms with E-state index < -0.39 is 0 Å². The third-order valence-electron chi connectivity index (χ3n) is 12.1. The Bertz CT molecular complexity index is 3760. The predicted molar refractivity (Wildman–Crippen MR) is 267 cm³/mol. The summed E-state index contributed by atoms with van der Waals surface area (Å²) >= 11 is 0. The smallest absolute Gasteiger partial charge is 0.164 e. The molecule has 0 bridgehead atoms. The molecule has 0 aliphatic carbocycles. The third kappa shape index (κ3) is 7.30. The summed E-state index contributed by atoms with van der Waals surface area (Å²) in [5, 5.41) is 4.75. The van der Waals surface area contributed by atoms with Gasteiger partial charge < -0.3 is 0 Å². The number of fused-ring (bicyclic) bond motifs is 4. The van der Waals surface area contributed by atoms with Gasteiger partial charge in [-0.3, -0.25) is 9.97 Å². The second kappa shape index (κ2) is 16.6. The maximum absolute atomic E-state index is 5.32. The van der Waals surface area contributed by atoms with Crippen molar-refractivity contribution in [1.82, 2.24) is 34.9 Å². The minimum Gasteiger partial charge on any atom is -0.253 e. The Balaban J connectivity index is 1.07. The molecule has 0 unspecified atom stereocenters. The molecule has 0 amide bonds. The summed E-state index contributed by atoms with van der Waals surface area (Å²) in [6.07, 6.45) is 7.00. The second-order valence-electron chi connectivity index (χ2n) is 16.2. The van der Waals surface area contributed by atoms with Crippen LogP contribution >= 0.6 is 0 Å². The van der Waals surface area contributed by atoms with Crippen LogP contribution in [0.2, 0.25) is 0 Å². The Labute approximate surface area is 380 Å². The fraction of sp³-hybridized carbons (Fsp3) is 0. The molecule has 7 heteroatoms. The van der Waals surface area contributed by atoms with Crippen molar-refractivity contribution < 1.29 is 0 Å². The lowest BCUT2D eigenvalue weighted by Crippen LogP contribution is -2.01. The van der Waals surface area contributed by atoms with Gasteiger partial charge in [0.15, 0.2) is 23.3 Å². The van der Waals surface area contributed by atoms with Gasteiger partial charge in [-0.2, -0.15) is 0 Å². The molecular weight excluding hydrogens is 807 g/mol. The van der Waals surface area contributed by atoms with Gasteiger partial charge in [0.25, 0.3) is 0 Å². The van der Waals surface area contributed by atoms with E-state index in [2.05, 4.69) is 190 Å². The molecule has 7 nitrogen and oxygen atoms in total. The van der Waals surface area contributed by atoms with Gasteiger partial charge in [0.2, 0.25) is 0 Å². The SMILES string of the molecule is c1ccc(-c2cccc(-c3nc(-c4ccc(-c5cccc6nccnc56)cc4)nc(-c4cc(-c5cccc(-c6ncccn6)c5)cc(-c5cc6ccccc6c6ccccc56)c4)n3)c2)cc1. The Hall–Kier alpha value is -9.07. The summed E-state index contributed by atoms with van der Waals surface area (Å²) in [7, 11) is 0. The van der Waals surface area contributed by atoms with E-state index in [4.69, 9.17) is 15.0 Å². The number of nitrogens with zero attached hydrogens (tertiary/aromatic N) is 7. The highest BCUT2D eigenvalue weighted by molar-refractivity contribution is 6.14. The molecule has 12 rings (SSSR count). The zero-order valence-corrected chi connectivity index (χ0v) is 35.5. The molecule has 0 N–H and O–H groups in total. The van der Waals surface area contributed by atoms with Gasteiger partial charge in [-0.1, -0.05) is 152 Å². The van der Waals surface area contributed by atoms with E-state index >= 15 is 0 Å². The molecule has 0 radical (unpaired) electrons. The van der Waals surface area contributed by atoms with Gasteiger partial charge in [0.1, 0.15) is 0 Å². The van der Waals surface area contributed by atoms with Crippen LogP contribution in [0.1, 0.15) is 0 Å². The Kier molecular flexibility index (Phi) is 9.69. The van der Waals surface area contributed by atoms with Crippen LogP contribution in [-0.4, -0.2) is 34.9 Å². The maximum Gasteiger partial charge on any atom is 0.164 e. The summed E-state index contributed by atoms with van der Waals surface area (Å²) in [6.45, 7) is 0. The Morgan fingerprint density at radius 1 is 0.242 bits per heavy atom. The fourth-order valence-corrected chi connectivity index (χ4v) is 8.91. The highest BCUT2D eigenvalue weighted by Crippen LogP contribution is 2.40. The van der Waals surface area contributed by atoms with Crippen LogP contribution in [-0.2, 0) is 0 Å². The molecule has 0 fully saturated rings. The van der Waals surface area contributed by atoms with Crippen molar-refractivity contribution in [3.8, 4) is 90.1 Å². The maximum atomic E-state index is 5.32. The lowest BCUT2D eigenvalue weighted by molar-refractivity contribution is 1.07. The van der Waals surface area contributed by atoms with E-state index in [1.54, 1.807) is 24.8 Å². The zero-order chi connectivity index (χ0) is 43.8. The average Bonchev–Trinajstić information content (AvgIpc) is 3.41. The molecule has 0 atom stereocenters. The summed E-state index contributed by atoms with van der Waals surface area (Å²) in [5.41, 5.74) is 13.7. The van der Waals surface area contributed by atoms with E-state index in [0.717, 1.165) is 83.2 Å². The van der Waals surface area contributed by atoms with Crippen molar-refractivity contribution in [2.45, 2.75) is 0 Å². The fourth-order valence-electron chi connectivity index (χ4n) is 8.91. The van der Waals surface area contributed by atoms with Gasteiger partial charge in [0, 0.05) is 52.6 Å². The molecule has 0 aliphatic rings. The normalized spacial score (nSPS) is 11.3. The summed E-state index contributed by atoms with van der Waals surface area (Å²) in [4.78, 5) is 34.2. The number of rotatable bonds is 8. The largest absolute Gasteiger partial charge is 0.253 e. The van der Waals surface area contributed by atoms with Crippen molar-refractivity contribution in [2.24, 2.45) is 0 Å². The van der Waals surface area contributed by atoms with Crippen molar-refractivity contribution in [3.63, 3.8) is 0 Å². The lowest BCUT2D eigenvalue weighted by Gasteiger charge is -2.15. The minimum atomic E-state index is 0.560. The molecule has 66 heavy (non-hydrogen) atoms. The van der Waals surface area contributed by atoms with Crippen LogP contribution in [0.4, 0.5) is 0 Å². The standard InChI is InChI=1S/C59H37N7/c1-2-12-38(13-3-1)41-15-8-18-45(32-41)58-64-57(40-26-24-39(25-27-40)50-22-10-23-54-55(50)61-31-30-60-54)65-59(66-58)48-35-46(42-16-9-17-44(33-42)56-62-28-11-29-63-56)34-47(36-48)53-37-43-14-4-5-19-49(43)51-20-6-7-21-52(51)53/h1-37H. The molecule has 3 heterocycles. The molecule has 3 aromatic heterocycles. The van der Waals surface area contributed by atoms with Crippen LogP contribution in [0.25, 0.3) is 123 Å². The first-order valence-corrected chi connectivity index (χ1v) is 21.9. The molecule has 0 saturated heterocycles. The average molecular weight is 844 g/mol. The summed E-state index contributed by atoms with van der Waals surface area (Å²) < 4.78 is 0. The Morgan fingerprint density at radius 3 is 1.58 bits per heavy atom. The minimum absolute atomic E-state index is 0.560. The molecule has 12 aromatic rings. The van der Waals surface area contributed by atoms with Crippen LogP contribution < -0.4 is 0 Å². The first-order valence-electron chi connectivity index (χ1n) is 21.9. The first kappa shape index (κ1) is 38.6. The first-order chi connectivity index (χ1) is 32.7. The highest BCUT2D eigenvalue weighted by atomic mass is 15.0. The van der Waals surface area contributed by atoms with E-state index in [-0.39, 0.29) is 0 Å². The number of aromatic nitrogens is 7. The topological polar surface area (TPSA) is 90.2 Å².